The van der Waals surface area contributed by atoms with E-state index in [1.165, 1.54) is 18.4 Å². The molecule has 6 heteroatoms. The Bertz CT molecular complexity index is 852. The Hall–Kier alpha value is -2.18. The first-order chi connectivity index (χ1) is 12.3. The van der Waals surface area contributed by atoms with Crippen molar-refractivity contribution in [1.29, 1.82) is 0 Å². The van der Waals surface area contributed by atoms with Crippen molar-refractivity contribution in [3.05, 3.63) is 48.3 Å². The van der Waals surface area contributed by atoms with Gasteiger partial charge in [0.2, 0.25) is 0 Å². The maximum absolute atomic E-state index is 9.07. The lowest BCUT2D eigenvalue weighted by molar-refractivity contribution is 0.130. The minimum atomic E-state index is 0.141. The second-order valence-electron chi connectivity index (χ2n) is 6.83. The predicted octanol–water partition coefficient (Wildman–Crippen LogP) is 2.49. The molecule has 2 aromatic heterocycles. The topological polar surface area (TPSA) is 59.1 Å². The quantitative estimate of drug-likeness (QED) is 0.776. The molecule has 6 nitrogen and oxygen atoms in total. The third-order valence-corrected chi connectivity index (χ3v) is 5.14. The molecule has 4 rings (SSSR count). The van der Waals surface area contributed by atoms with Crippen molar-refractivity contribution in [2.24, 2.45) is 7.05 Å². The second-order valence-corrected chi connectivity index (χ2v) is 6.83. The third-order valence-electron chi connectivity index (χ3n) is 5.14. The molecule has 1 aromatic carbocycles. The minimum absolute atomic E-state index is 0.141. The Morgan fingerprint density at radius 1 is 1.24 bits per heavy atom. The molecule has 25 heavy (non-hydrogen) atoms. The maximum Gasteiger partial charge on any atom is 0.127 e. The summed E-state index contributed by atoms with van der Waals surface area (Å²) in [5, 5.41) is 9.07. The van der Waals surface area contributed by atoms with E-state index in [0.717, 1.165) is 36.5 Å². The first-order valence-corrected chi connectivity index (χ1v) is 9.03. The summed E-state index contributed by atoms with van der Waals surface area (Å²) in [5.74, 6) is 1.15. The van der Waals surface area contributed by atoms with Crippen molar-refractivity contribution < 1.29 is 5.11 Å². The van der Waals surface area contributed by atoms with Gasteiger partial charge in [-0.15, -0.1) is 0 Å². The summed E-state index contributed by atoms with van der Waals surface area (Å²) in [4.78, 5) is 11.9. The number of aromatic nitrogens is 4. The van der Waals surface area contributed by atoms with Crippen molar-refractivity contribution in [2.75, 3.05) is 13.2 Å². The number of imidazole rings is 2. The molecule has 1 unspecified atom stereocenters. The largest absolute Gasteiger partial charge is 0.395 e. The van der Waals surface area contributed by atoms with E-state index >= 15 is 0 Å². The molecule has 3 aromatic rings. The SMILES string of the molecule is Cn1c(C2CCCCN2Cc2cn(CCO)cn2)nc2ccccc21. The van der Waals surface area contributed by atoms with E-state index in [4.69, 9.17) is 10.1 Å². The number of aliphatic hydroxyl groups is 1. The summed E-state index contributed by atoms with van der Waals surface area (Å²) >= 11 is 0. The fraction of sp³-hybridized carbons (Fsp3) is 0.474. The Morgan fingerprint density at radius 2 is 2.12 bits per heavy atom. The van der Waals surface area contributed by atoms with E-state index < -0.39 is 0 Å². The summed E-state index contributed by atoms with van der Waals surface area (Å²) in [6.07, 6.45) is 7.44. The summed E-state index contributed by atoms with van der Waals surface area (Å²) in [7, 11) is 2.12. The van der Waals surface area contributed by atoms with Gasteiger partial charge in [-0.3, -0.25) is 4.90 Å². The molecule has 0 spiro atoms. The molecule has 0 radical (unpaired) electrons. The van der Waals surface area contributed by atoms with Crippen LogP contribution >= 0.6 is 0 Å². The van der Waals surface area contributed by atoms with Crippen LogP contribution in [-0.4, -0.2) is 42.3 Å². The smallest absolute Gasteiger partial charge is 0.127 e. The lowest BCUT2D eigenvalue weighted by atomic mass is 10.0. The number of aryl methyl sites for hydroxylation is 1. The Kier molecular flexibility index (Phi) is 4.55. The number of nitrogens with zero attached hydrogens (tertiary/aromatic N) is 5. The van der Waals surface area contributed by atoms with E-state index in [2.05, 4.69) is 39.7 Å². The first kappa shape index (κ1) is 16.3. The van der Waals surface area contributed by atoms with Crippen LogP contribution in [0.4, 0.5) is 0 Å². The minimum Gasteiger partial charge on any atom is -0.395 e. The highest BCUT2D eigenvalue weighted by Gasteiger charge is 2.28. The Labute approximate surface area is 147 Å². The molecule has 0 aliphatic carbocycles. The molecule has 1 atom stereocenters. The molecule has 1 aliphatic rings. The van der Waals surface area contributed by atoms with Gasteiger partial charge in [-0.1, -0.05) is 18.6 Å². The highest BCUT2D eigenvalue weighted by Crippen LogP contribution is 2.32. The molecule has 1 aliphatic heterocycles. The van der Waals surface area contributed by atoms with Crippen LogP contribution in [0.2, 0.25) is 0 Å². The average molecular weight is 339 g/mol. The summed E-state index contributed by atoms with van der Waals surface area (Å²) in [6, 6.07) is 8.67. The molecule has 0 bridgehead atoms. The number of likely N-dealkylation sites (tertiary alicyclic amines) is 1. The van der Waals surface area contributed by atoms with Gasteiger partial charge >= 0.3 is 0 Å². The summed E-state index contributed by atoms with van der Waals surface area (Å²) < 4.78 is 4.19. The lowest BCUT2D eigenvalue weighted by Crippen LogP contribution is -2.34. The lowest BCUT2D eigenvalue weighted by Gasteiger charge is -2.34. The van der Waals surface area contributed by atoms with E-state index in [1.807, 2.05) is 16.8 Å². The van der Waals surface area contributed by atoms with Crippen LogP contribution in [0, 0.1) is 0 Å². The van der Waals surface area contributed by atoms with Crippen molar-refractivity contribution >= 4 is 11.0 Å². The number of para-hydroxylation sites is 2. The molecule has 0 saturated carbocycles. The predicted molar refractivity (Wildman–Crippen MR) is 97.0 cm³/mol. The van der Waals surface area contributed by atoms with Gasteiger partial charge in [0.15, 0.2) is 0 Å². The fourth-order valence-corrected chi connectivity index (χ4v) is 3.87. The van der Waals surface area contributed by atoms with Crippen LogP contribution < -0.4 is 0 Å². The van der Waals surface area contributed by atoms with Gasteiger partial charge in [0.25, 0.3) is 0 Å². The van der Waals surface area contributed by atoms with E-state index in [1.54, 1.807) is 6.33 Å². The van der Waals surface area contributed by atoms with E-state index in [-0.39, 0.29) is 6.61 Å². The number of fused-ring (bicyclic) bond motifs is 1. The van der Waals surface area contributed by atoms with Crippen LogP contribution in [-0.2, 0) is 20.1 Å². The van der Waals surface area contributed by atoms with Gasteiger partial charge in [0.05, 0.1) is 35.7 Å². The number of benzene rings is 1. The molecular weight excluding hydrogens is 314 g/mol. The van der Waals surface area contributed by atoms with Crippen LogP contribution in [0.1, 0.15) is 36.8 Å². The molecule has 1 fully saturated rings. The van der Waals surface area contributed by atoms with Gasteiger partial charge in [-0.25, -0.2) is 9.97 Å². The van der Waals surface area contributed by atoms with E-state index in [9.17, 15) is 0 Å². The average Bonchev–Trinajstić information content (AvgIpc) is 3.21. The Morgan fingerprint density at radius 3 is 2.96 bits per heavy atom. The van der Waals surface area contributed by atoms with Gasteiger partial charge in [-0.05, 0) is 31.5 Å². The molecular formula is C19H25N5O. The standard InChI is InChI=1S/C19H25N5O/c1-22-17-7-3-2-6-16(17)21-19(22)18-8-4-5-9-24(18)13-15-12-23(10-11-25)14-20-15/h2-3,6-7,12,14,18,25H,4-5,8-11,13H2,1H3. The number of piperidine rings is 1. The number of aliphatic hydroxyl groups excluding tert-OH is 1. The summed E-state index contributed by atoms with van der Waals surface area (Å²) in [5.41, 5.74) is 3.31. The Balaban J connectivity index is 1.60. The third kappa shape index (κ3) is 3.19. The molecule has 3 heterocycles. The van der Waals surface area contributed by atoms with Crippen molar-refractivity contribution in [2.45, 2.75) is 38.4 Å². The molecule has 132 valence electrons. The number of hydrogen-bond donors (Lipinski definition) is 1. The van der Waals surface area contributed by atoms with Crippen molar-refractivity contribution in [3.63, 3.8) is 0 Å². The molecule has 0 amide bonds. The van der Waals surface area contributed by atoms with E-state index in [0.29, 0.717) is 12.6 Å². The molecule has 1 N–H and O–H groups in total. The monoisotopic (exact) mass is 339 g/mol. The molecule has 1 saturated heterocycles. The first-order valence-electron chi connectivity index (χ1n) is 9.03. The van der Waals surface area contributed by atoms with Gasteiger partial charge < -0.3 is 14.2 Å². The van der Waals surface area contributed by atoms with Crippen molar-refractivity contribution in [1.82, 2.24) is 24.0 Å². The highest BCUT2D eigenvalue weighted by molar-refractivity contribution is 5.75. The zero-order valence-corrected chi connectivity index (χ0v) is 14.7. The van der Waals surface area contributed by atoms with Gasteiger partial charge in [0, 0.05) is 26.3 Å². The number of hydrogen-bond acceptors (Lipinski definition) is 4. The zero-order chi connectivity index (χ0) is 17.2. The van der Waals surface area contributed by atoms with Crippen LogP contribution in [0.5, 0.6) is 0 Å². The number of rotatable bonds is 5. The second kappa shape index (κ2) is 6.98. The maximum atomic E-state index is 9.07. The highest BCUT2D eigenvalue weighted by atomic mass is 16.3. The summed E-state index contributed by atoms with van der Waals surface area (Å²) in [6.45, 7) is 2.64. The van der Waals surface area contributed by atoms with Crippen LogP contribution in [0.25, 0.3) is 11.0 Å². The van der Waals surface area contributed by atoms with Gasteiger partial charge in [-0.2, -0.15) is 0 Å². The zero-order valence-electron chi connectivity index (χ0n) is 14.7. The van der Waals surface area contributed by atoms with Crippen molar-refractivity contribution in [3.8, 4) is 0 Å². The van der Waals surface area contributed by atoms with Crippen LogP contribution in [0.3, 0.4) is 0 Å². The normalized spacial score (nSPS) is 18.9. The fourth-order valence-electron chi connectivity index (χ4n) is 3.87. The van der Waals surface area contributed by atoms with Gasteiger partial charge in [0.1, 0.15) is 5.82 Å². The van der Waals surface area contributed by atoms with Crippen LogP contribution in [0.15, 0.2) is 36.8 Å².